The molecular weight excluding hydrogens is 413 g/mol. The van der Waals surface area contributed by atoms with Gasteiger partial charge in [-0.25, -0.2) is 22.8 Å². The minimum absolute atomic E-state index is 0.0866. The number of halogens is 3. The lowest BCUT2D eigenvalue weighted by molar-refractivity contribution is 0.0722. The molecule has 0 bridgehead atoms. The van der Waals surface area contributed by atoms with Crippen molar-refractivity contribution in [1.82, 2.24) is 0 Å². The largest absolute Gasteiger partial charge is 0.427 e. The molecule has 0 amide bonds. The summed E-state index contributed by atoms with van der Waals surface area (Å²) in [5.41, 5.74) is -1.50. The molecule has 8 heteroatoms. The summed E-state index contributed by atoms with van der Waals surface area (Å²) in [6.07, 6.45) is 1.94. The van der Waals surface area contributed by atoms with Gasteiger partial charge in [0.1, 0.15) is 11.1 Å². The van der Waals surface area contributed by atoms with Crippen LogP contribution >= 0.6 is 0 Å². The molecule has 0 unspecified atom stereocenters. The summed E-state index contributed by atoms with van der Waals surface area (Å²) in [4.78, 5) is 24.5. The molecule has 0 radical (unpaired) electrons. The molecule has 3 rings (SSSR count). The van der Waals surface area contributed by atoms with Crippen molar-refractivity contribution >= 4 is 16.7 Å². The molecular formula is C23H21F3O5. The third-order valence-corrected chi connectivity index (χ3v) is 4.76. The number of ether oxygens (including phenoxy) is 2. The zero-order valence-electron chi connectivity index (χ0n) is 17.1. The van der Waals surface area contributed by atoms with E-state index in [-0.39, 0.29) is 22.8 Å². The van der Waals surface area contributed by atoms with Crippen LogP contribution in [0.5, 0.6) is 5.75 Å². The first-order chi connectivity index (χ1) is 14.9. The zero-order chi connectivity index (χ0) is 22.5. The Morgan fingerprint density at radius 2 is 1.81 bits per heavy atom. The van der Waals surface area contributed by atoms with Gasteiger partial charge in [-0.3, -0.25) is 0 Å². The summed E-state index contributed by atoms with van der Waals surface area (Å²) in [5, 5.41) is -0.0973. The van der Waals surface area contributed by atoms with Crippen molar-refractivity contribution in [2.45, 2.75) is 32.6 Å². The minimum atomic E-state index is -1.38. The molecule has 3 aromatic rings. The average Bonchev–Trinajstić information content (AvgIpc) is 2.73. The summed E-state index contributed by atoms with van der Waals surface area (Å²) in [5.74, 6) is -5.13. The predicted molar refractivity (Wildman–Crippen MR) is 108 cm³/mol. The first-order valence-corrected chi connectivity index (χ1v) is 9.80. The highest BCUT2D eigenvalue weighted by atomic mass is 19.2. The van der Waals surface area contributed by atoms with Crippen LogP contribution < -0.4 is 10.4 Å². The van der Waals surface area contributed by atoms with Crippen LogP contribution in [0, 0.1) is 17.5 Å². The highest BCUT2D eigenvalue weighted by Crippen LogP contribution is 2.27. The third-order valence-electron chi connectivity index (χ3n) is 4.76. The van der Waals surface area contributed by atoms with Crippen molar-refractivity contribution < 1.29 is 31.9 Å². The Kier molecular flexibility index (Phi) is 7.12. The number of carbonyl (C=O) groups excluding carboxylic acids is 1. The van der Waals surface area contributed by atoms with Crippen LogP contribution in [0.1, 0.15) is 41.4 Å². The topological polar surface area (TPSA) is 65.7 Å². The van der Waals surface area contributed by atoms with Crippen molar-refractivity contribution in [2.75, 3.05) is 13.7 Å². The van der Waals surface area contributed by atoms with Crippen LogP contribution in [0.4, 0.5) is 13.2 Å². The molecule has 0 N–H and O–H groups in total. The molecule has 1 aromatic heterocycles. The van der Waals surface area contributed by atoms with Gasteiger partial charge in [0.15, 0.2) is 23.2 Å². The van der Waals surface area contributed by atoms with Crippen molar-refractivity contribution in [2.24, 2.45) is 0 Å². The van der Waals surface area contributed by atoms with Crippen LogP contribution in [0.15, 0.2) is 39.5 Å². The fourth-order valence-corrected chi connectivity index (χ4v) is 3.22. The maximum Gasteiger partial charge on any atom is 0.346 e. The van der Waals surface area contributed by atoms with E-state index < -0.39 is 40.4 Å². The van der Waals surface area contributed by atoms with E-state index in [4.69, 9.17) is 13.9 Å². The number of hydrogen-bond donors (Lipinski definition) is 0. The number of esters is 1. The summed E-state index contributed by atoms with van der Waals surface area (Å²) >= 11 is 0. The smallest absolute Gasteiger partial charge is 0.346 e. The van der Waals surface area contributed by atoms with Gasteiger partial charge >= 0.3 is 11.6 Å². The first-order valence-electron chi connectivity index (χ1n) is 9.80. The second-order valence-electron chi connectivity index (χ2n) is 6.98. The number of hydrogen-bond acceptors (Lipinski definition) is 5. The van der Waals surface area contributed by atoms with E-state index in [0.717, 1.165) is 18.6 Å². The molecule has 0 saturated carbocycles. The molecule has 0 saturated heterocycles. The van der Waals surface area contributed by atoms with Gasteiger partial charge in [-0.2, -0.15) is 0 Å². The standard InChI is InChI=1S/C23H21F3O5/c1-3-5-15-12-14-8-10-17(21(26)18(14)23(28)30-15)31-22(27)16-9-7-13(6-4-11-29-2)19(24)20(16)25/h7-10,12H,3-6,11H2,1-2H3. The molecule has 0 atom stereocenters. The number of methoxy groups -OCH3 is 1. The minimum Gasteiger partial charge on any atom is -0.427 e. The van der Waals surface area contributed by atoms with Crippen molar-refractivity contribution in [3.8, 4) is 5.75 Å². The molecule has 0 aliphatic carbocycles. The normalized spacial score (nSPS) is 11.1. The van der Waals surface area contributed by atoms with Gasteiger partial charge in [-0.1, -0.05) is 19.1 Å². The number of benzene rings is 2. The maximum atomic E-state index is 14.8. The highest BCUT2D eigenvalue weighted by Gasteiger charge is 2.22. The lowest BCUT2D eigenvalue weighted by Gasteiger charge is -2.10. The molecule has 0 fully saturated rings. The Morgan fingerprint density at radius 1 is 1.03 bits per heavy atom. The molecule has 0 aliphatic rings. The van der Waals surface area contributed by atoms with E-state index in [1.807, 2.05) is 6.92 Å². The fraction of sp³-hybridized carbons (Fsp3) is 0.304. The van der Waals surface area contributed by atoms with Crippen LogP contribution in [0.3, 0.4) is 0 Å². The highest BCUT2D eigenvalue weighted by molar-refractivity contribution is 5.92. The molecule has 31 heavy (non-hydrogen) atoms. The summed E-state index contributed by atoms with van der Waals surface area (Å²) in [6.45, 7) is 2.28. The van der Waals surface area contributed by atoms with Crippen LogP contribution in [0.25, 0.3) is 10.8 Å². The Bertz CT molecular complexity index is 1170. The quantitative estimate of drug-likeness (QED) is 0.285. The molecule has 164 valence electrons. The van der Waals surface area contributed by atoms with Crippen LogP contribution in [-0.4, -0.2) is 19.7 Å². The van der Waals surface area contributed by atoms with Crippen molar-refractivity contribution in [3.63, 3.8) is 0 Å². The molecule has 2 aromatic carbocycles. The van der Waals surface area contributed by atoms with E-state index in [2.05, 4.69) is 0 Å². The summed E-state index contributed by atoms with van der Waals surface area (Å²) < 4.78 is 58.4. The zero-order valence-corrected chi connectivity index (χ0v) is 17.1. The Balaban J connectivity index is 1.89. The first kappa shape index (κ1) is 22.6. The lowest BCUT2D eigenvalue weighted by atomic mass is 10.1. The molecule has 5 nitrogen and oxygen atoms in total. The van der Waals surface area contributed by atoms with Crippen molar-refractivity contribution in [1.29, 1.82) is 0 Å². The third kappa shape index (κ3) is 4.80. The second-order valence-corrected chi connectivity index (χ2v) is 6.98. The predicted octanol–water partition coefficient (Wildman–Crippen LogP) is 4.96. The number of fused-ring (bicyclic) bond motifs is 1. The summed E-state index contributed by atoms with van der Waals surface area (Å²) in [6, 6.07) is 6.43. The fourth-order valence-electron chi connectivity index (χ4n) is 3.22. The summed E-state index contributed by atoms with van der Waals surface area (Å²) in [7, 11) is 1.50. The number of aryl methyl sites for hydroxylation is 2. The van der Waals surface area contributed by atoms with Gasteiger partial charge in [0.2, 0.25) is 0 Å². The maximum absolute atomic E-state index is 14.8. The monoisotopic (exact) mass is 434 g/mol. The Labute approximate surface area is 176 Å². The lowest BCUT2D eigenvalue weighted by Crippen LogP contribution is -2.14. The Hall–Kier alpha value is -3.13. The van der Waals surface area contributed by atoms with Crippen LogP contribution in [0.2, 0.25) is 0 Å². The Morgan fingerprint density at radius 3 is 2.52 bits per heavy atom. The SMILES string of the molecule is CCCc1cc2ccc(OC(=O)c3ccc(CCCOC)c(F)c3F)c(F)c2c(=O)o1. The van der Waals surface area contributed by atoms with E-state index >= 15 is 0 Å². The van der Waals surface area contributed by atoms with Gasteiger partial charge in [0.05, 0.1) is 5.56 Å². The average molecular weight is 434 g/mol. The van der Waals surface area contributed by atoms with E-state index in [1.165, 1.54) is 25.3 Å². The molecule has 0 spiro atoms. The van der Waals surface area contributed by atoms with Gasteiger partial charge in [-0.05, 0) is 48.4 Å². The molecule has 0 aliphatic heterocycles. The van der Waals surface area contributed by atoms with E-state index in [9.17, 15) is 22.8 Å². The van der Waals surface area contributed by atoms with Crippen molar-refractivity contribution in [3.05, 3.63) is 75.1 Å². The molecule has 1 heterocycles. The number of rotatable bonds is 8. The van der Waals surface area contributed by atoms with E-state index in [1.54, 1.807) is 0 Å². The van der Waals surface area contributed by atoms with E-state index in [0.29, 0.717) is 25.2 Å². The number of carbonyl (C=O) groups is 1. The van der Waals surface area contributed by atoms with Gasteiger partial charge in [0, 0.05) is 20.1 Å². The van der Waals surface area contributed by atoms with Gasteiger partial charge in [0.25, 0.3) is 0 Å². The van der Waals surface area contributed by atoms with Gasteiger partial charge in [-0.15, -0.1) is 0 Å². The second kappa shape index (κ2) is 9.78. The van der Waals surface area contributed by atoms with Crippen LogP contribution in [-0.2, 0) is 17.6 Å². The van der Waals surface area contributed by atoms with Gasteiger partial charge < -0.3 is 13.9 Å².